The second kappa shape index (κ2) is 7.24. The Bertz CT molecular complexity index is 474. The highest BCUT2D eigenvalue weighted by Crippen LogP contribution is 2.15. The first-order chi connectivity index (χ1) is 10.1. The molecule has 3 N–H and O–H groups in total. The number of carbonyl (C=O) groups excluding carboxylic acids is 1. The van der Waals surface area contributed by atoms with E-state index in [1.54, 1.807) is 25.3 Å². The highest BCUT2D eigenvalue weighted by atomic mass is 16.5. The summed E-state index contributed by atoms with van der Waals surface area (Å²) in [6, 6.07) is 3.52. The summed E-state index contributed by atoms with van der Waals surface area (Å²) in [7, 11) is 0. The molecule has 0 radical (unpaired) electrons. The minimum atomic E-state index is -0.842. The van der Waals surface area contributed by atoms with Gasteiger partial charge in [-0.05, 0) is 25.5 Å². The van der Waals surface area contributed by atoms with Crippen molar-refractivity contribution in [2.24, 2.45) is 5.92 Å². The number of aliphatic carboxylic acids is 1. The van der Waals surface area contributed by atoms with Crippen molar-refractivity contribution in [1.82, 2.24) is 10.6 Å². The number of piperidine rings is 1. The topological polar surface area (TPSA) is 101 Å². The molecule has 7 nitrogen and oxygen atoms in total. The van der Waals surface area contributed by atoms with Gasteiger partial charge in [0.15, 0.2) is 0 Å². The zero-order chi connectivity index (χ0) is 15.2. The first-order valence-electron chi connectivity index (χ1n) is 6.95. The normalized spacial score (nSPS) is 23.5. The lowest BCUT2D eigenvalue weighted by Gasteiger charge is -2.29. The highest BCUT2D eigenvalue weighted by molar-refractivity contribution is 5.80. The van der Waals surface area contributed by atoms with E-state index in [0.29, 0.717) is 31.8 Å². The van der Waals surface area contributed by atoms with Gasteiger partial charge >= 0.3 is 5.97 Å². The van der Waals surface area contributed by atoms with Crippen LogP contribution in [-0.2, 0) is 20.9 Å². The average Bonchev–Trinajstić information content (AvgIpc) is 2.98. The zero-order valence-electron chi connectivity index (χ0n) is 11.9. The van der Waals surface area contributed by atoms with Gasteiger partial charge in [0.1, 0.15) is 11.9 Å². The molecule has 3 atom stereocenters. The monoisotopic (exact) mass is 296 g/mol. The third kappa shape index (κ3) is 4.57. The first kappa shape index (κ1) is 15.5. The van der Waals surface area contributed by atoms with Crippen molar-refractivity contribution < 1.29 is 23.8 Å². The van der Waals surface area contributed by atoms with E-state index in [4.69, 9.17) is 14.3 Å². The molecule has 1 aliphatic rings. The maximum absolute atomic E-state index is 11.9. The Morgan fingerprint density at radius 3 is 3.05 bits per heavy atom. The number of furan rings is 1. The lowest BCUT2D eigenvalue weighted by Crippen LogP contribution is -2.46. The second-order valence-electron chi connectivity index (χ2n) is 5.13. The van der Waals surface area contributed by atoms with Gasteiger partial charge in [-0.15, -0.1) is 0 Å². The van der Waals surface area contributed by atoms with Crippen LogP contribution in [0.1, 0.15) is 19.1 Å². The summed E-state index contributed by atoms with van der Waals surface area (Å²) >= 11 is 0. The van der Waals surface area contributed by atoms with E-state index in [9.17, 15) is 9.59 Å². The smallest absolute Gasteiger partial charge is 0.307 e. The fraction of sp³-hybridized carbons (Fsp3) is 0.571. The van der Waals surface area contributed by atoms with Gasteiger partial charge in [0, 0.05) is 13.1 Å². The number of carboxylic acid groups (broad SMARTS) is 1. The SMILES string of the molecule is CC(OC1CNCC(C(=O)O)C1)C(=O)NCc1ccco1. The molecule has 1 aliphatic heterocycles. The summed E-state index contributed by atoms with van der Waals surface area (Å²) in [4.78, 5) is 22.9. The molecule has 0 bridgehead atoms. The van der Waals surface area contributed by atoms with Gasteiger partial charge in [-0.2, -0.15) is 0 Å². The highest BCUT2D eigenvalue weighted by Gasteiger charge is 2.29. The van der Waals surface area contributed by atoms with Gasteiger partial charge in [-0.1, -0.05) is 0 Å². The van der Waals surface area contributed by atoms with Gasteiger partial charge in [0.2, 0.25) is 5.91 Å². The second-order valence-corrected chi connectivity index (χ2v) is 5.13. The molecule has 1 fully saturated rings. The Labute approximate surface area is 122 Å². The van der Waals surface area contributed by atoms with Gasteiger partial charge < -0.3 is 24.9 Å². The lowest BCUT2D eigenvalue weighted by molar-refractivity contribution is -0.146. The predicted octanol–water partition coefficient (Wildman–Crippen LogP) is 0.364. The minimum absolute atomic E-state index is 0.246. The molecule has 0 aromatic carbocycles. The van der Waals surface area contributed by atoms with Crippen LogP contribution in [0.4, 0.5) is 0 Å². The summed E-state index contributed by atoms with van der Waals surface area (Å²) in [6.45, 7) is 2.95. The van der Waals surface area contributed by atoms with E-state index >= 15 is 0 Å². The number of amides is 1. The number of carbonyl (C=O) groups is 2. The Morgan fingerprint density at radius 2 is 2.38 bits per heavy atom. The molecule has 1 aromatic heterocycles. The van der Waals surface area contributed by atoms with Crippen molar-refractivity contribution in [3.8, 4) is 0 Å². The molecular formula is C14H20N2O5. The molecule has 1 amide bonds. The van der Waals surface area contributed by atoms with Crippen molar-refractivity contribution in [1.29, 1.82) is 0 Å². The van der Waals surface area contributed by atoms with Crippen molar-refractivity contribution in [2.75, 3.05) is 13.1 Å². The number of ether oxygens (including phenoxy) is 1. The van der Waals surface area contributed by atoms with E-state index in [2.05, 4.69) is 10.6 Å². The van der Waals surface area contributed by atoms with E-state index in [0.717, 1.165) is 0 Å². The number of nitrogens with one attached hydrogen (secondary N) is 2. The van der Waals surface area contributed by atoms with Crippen LogP contribution in [0.25, 0.3) is 0 Å². The molecule has 21 heavy (non-hydrogen) atoms. The third-order valence-corrected chi connectivity index (χ3v) is 3.44. The van der Waals surface area contributed by atoms with Crippen LogP contribution in [0.5, 0.6) is 0 Å². The largest absolute Gasteiger partial charge is 0.481 e. The Kier molecular flexibility index (Phi) is 5.35. The molecule has 0 aliphatic carbocycles. The molecule has 0 spiro atoms. The third-order valence-electron chi connectivity index (χ3n) is 3.44. The van der Waals surface area contributed by atoms with E-state index < -0.39 is 18.0 Å². The van der Waals surface area contributed by atoms with Crippen LogP contribution in [0.15, 0.2) is 22.8 Å². The van der Waals surface area contributed by atoms with E-state index in [1.165, 1.54) is 0 Å². The Morgan fingerprint density at radius 1 is 1.57 bits per heavy atom. The molecule has 0 saturated carbocycles. The standard InChI is InChI=1S/C14H20N2O5/c1-9(13(17)16-8-11-3-2-4-20-11)21-12-5-10(14(18)19)6-15-7-12/h2-4,9-10,12,15H,5-8H2,1H3,(H,16,17)(H,18,19). The van der Waals surface area contributed by atoms with Crippen molar-refractivity contribution in [2.45, 2.75) is 32.1 Å². The van der Waals surface area contributed by atoms with Crippen LogP contribution in [0.2, 0.25) is 0 Å². The number of carboxylic acids is 1. The van der Waals surface area contributed by atoms with Gasteiger partial charge in [-0.25, -0.2) is 0 Å². The summed E-state index contributed by atoms with van der Waals surface area (Å²) in [5, 5.41) is 14.7. The van der Waals surface area contributed by atoms with E-state index in [-0.39, 0.29) is 12.0 Å². The van der Waals surface area contributed by atoms with Gasteiger partial charge in [-0.3, -0.25) is 9.59 Å². The number of hydrogen-bond donors (Lipinski definition) is 3. The Hall–Kier alpha value is -1.86. The Balaban J connectivity index is 1.76. The molecule has 3 unspecified atom stereocenters. The van der Waals surface area contributed by atoms with Gasteiger partial charge in [0.05, 0.1) is 24.8 Å². The van der Waals surface area contributed by atoms with Crippen molar-refractivity contribution in [3.05, 3.63) is 24.2 Å². The summed E-state index contributed by atoms with van der Waals surface area (Å²) in [5.74, 6) is -0.891. The van der Waals surface area contributed by atoms with Crippen LogP contribution in [0.3, 0.4) is 0 Å². The molecule has 2 heterocycles. The number of rotatable bonds is 6. The molecular weight excluding hydrogens is 276 g/mol. The predicted molar refractivity (Wildman–Crippen MR) is 73.5 cm³/mol. The summed E-state index contributed by atoms with van der Waals surface area (Å²) in [6.07, 6.45) is 1.04. The molecule has 1 aromatic rings. The summed E-state index contributed by atoms with van der Waals surface area (Å²) in [5.41, 5.74) is 0. The lowest BCUT2D eigenvalue weighted by atomic mass is 9.97. The van der Waals surface area contributed by atoms with E-state index in [1.807, 2.05) is 0 Å². The summed E-state index contributed by atoms with van der Waals surface area (Å²) < 4.78 is 10.8. The van der Waals surface area contributed by atoms with Crippen molar-refractivity contribution in [3.63, 3.8) is 0 Å². The molecule has 7 heteroatoms. The minimum Gasteiger partial charge on any atom is -0.481 e. The van der Waals surface area contributed by atoms with Crippen LogP contribution >= 0.6 is 0 Å². The maximum atomic E-state index is 11.9. The van der Waals surface area contributed by atoms with Crippen molar-refractivity contribution >= 4 is 11.9 Å². The fourth-order valence-electron chi connectivity index (χ4n) is 2.28. The number of hydrogen-bond acceptors (Lipinski definition) is 5. The van der Waals surface area contributed by atoms with Crippen LogP contribution in [-0.4, -0.2) is 42.3 Å². The zero-order valence-corrected chi connectivity index (χ0v) is 11.9. The van der Waals surface area contributed by atoms with Crippen LogP contribution < -0.4 is 10.6 Å². The molecule has 2 rings (SSSR count). The quantitative estimate of drug-likeness (QED) is 0.701. The van der Waals surface area contributed by atoms with Gasteiger partial charge in [0.25, 0.3) is 0 Å². The fourth-order valence-corrected chi connectivity index (χ4v) is 2.28. The average molecular weight is 296 g/mol. The molecule has 116 valence electrons. The van der Waals surface area contributed by atoms with Crippen LogP contribution in [0, 0.1) is 5.92 Å². The molecule has 1 saturated heterocycles. The maximum Gasteiger partial charge on any atom is 0.307 e. The first-order valence-corrected chi connectivity index (χ1v) is 6.95.